The Morgan fingerprint density at radius 1 is 1.27 bits per heavy atom. The molecule has 0 aliphatic carbocycles. The highest BCUT2D eigenvalue weighted by molar-refractivity contribution is 5.92. The molecule has 5 nitrogen and oxygen atoms in total. The molecule has 1 saturated heterocycles. The highest BCUT2D eigenvalue weighted by Crippen LogP contribution is 2.21. The van der Waals surface area contributed by atoms with Crippen molar-refractivity contribution in [1.29, 1.82) is 0 Å². The summed E-state index contributed by atoms with van der Waals surface area (Å²) < 4.78 is 5.27. The van der Waals surface area contributed by atoms with Crippen molar-refractivity contribution in [3.05, 3.63) is 41.7 Å². The van der Waals surface area contributed by atoms with E-state index in [1.54, 1.807) is 11.0 Å². The SMILES string of the molecule is Cc1ccc(-c2cc(C(=O)N(C)C3CCNCC3)on2)cc1. The Bertz CT molecular complexity index is 642. The van der Waals surface area contributed by atoms with E-state index in [1.165, 1.54) is 5.56 Å². The van der Waals surface area contributed by atoms with Crippen molar-refractivity contribution in [2.75, 3.05) is 20.1 Å². The molecule has 1 aromatic heterocycles. The van der Waals surface area contributed by atoms with Gasteiger partial charge < -0.3 is 14.7 Å². The molecule has 116 valence electrons. The van der Waals surface area contributed by atoms with Crippen molar-refractivity contribution >= 4 is 5.91 Å². The van der Waals surface area contributed by atoms with Crippen molar-refractivity contribution in [3.8, 4) is 11.3 Å². The monoisotopic (exact) mass is 299 g/mol. The van der Waals surface area contributed by atoms with Gasteiger partial charge in [-0.05, 0) is 32.9 Å². The summed E-state index contributed by atoms with van der Waals surface area (Å²) in [5, 5.41) is 7.33. The van der Waals surface area contributed by atoms with Gasteiger partial charge in [0.2, 0.25) is 5.76 Å². The molecule has 2 aromatic rings. The zero-order chi connectivity index (χ0) is 15.5. The highest BCUT2D eigenvalue weighted by Gasteiger charge is 2.25. The Kier molecular flexibility index (Phi) is 4.24. The zero-order valence-corrected chi connectivity index (χ0v) is 13.0. The van der Waals surface area contributed by atoms with Crippen LogP contribution in [-0.2, 0) is 0 Å². The lowest BCUT2D eigenvalue weighted by atomic mass is 10.0. The van der Waals surface area contributed by atoms with Gasteiger partial charge >= 0.3 is 0 Å². The molecule has 1 aliphatic heterocycles. The van der Waals surface area contributed by atoms with Crippen LogP contribution in [0.1, 0.15) is 29.0 Å². The van der Waals surface area contributed by atoms with Crippen LogP contribution in [0.4, 0.5) is 0 Å². The summed E-state index contributed by atoms with van der Waals surface area (Å²) in [6.07, 6.45) is 1.95. The molecule has 1 aliphatic rings. The fourth-order valence-electron chi connectivity index (χ4n) is 2.77. The quantitative estimate of drug-likeness (QED) is 0.946. The first kappa shape index (κ1) is 14.8. The van der Waals surface area contributed by atoms with Crippen LogP contribution in [-0.4, -0.2) is 42.1 Å². The molecule has 3 rings (SSSR count). The average molecular weight is 299 g/mol. The first-order valence-corrected chi connectivity index (χ1v) is 7.67. The Labute approximate surface area is 130 Å². The van der Waals surface area contributed by atoms with Gasteiger partial charge in [-0.25, -0.2) is 0 Å². The van der Waals surface area contributed by atoms with Gasteiger partial charge in [0.05, 0.1) is 0 Å². The van der Waals surface area contributed by atoms with E-state index in [1.807, 2.05) is 38.2 Å². The van der Waals surface area contributed by atoms with Crippen LogP contribution in [0.3, 0.4) is 0 Å². The maximum absolute atomic E-state index is 12.5. The molecule has 0 unspecified atom stereocenters. The van der Waals surface area contributed by atoms with Crippen LogP contribution in [0, 0.1) is 6.92 Å². The molecule has 1 aromatic carbocycles. The zero-order valence-electron chi connectivity index (χ0n) is 13.0. The Hall–Kier alpha value is -2.14. The Balaban J connectivity index is 1.75. The summed E-state index contributed by atoms with van der Waals surface area (Å²) in [5.41, 5.74) is 2.84. The third-order valence-electron chi connectivity index (χ3n) is 4.25. The van der Waals surface area contributed by atoms with E-state index in [4.69, 9.17) is 4.52 Å². The number of nitrogens with one attached hydrogen (secondary N) is 1. The topological polar surface area (TPSA) is 58.4 Å². The number of rotatable bonds is 3. The fourth-order valence-corrected chi connectivity index (χ4v) is 2.77. The van der Waals surface area contributed by atoms with Gasteiger partial charge in [-0.1, -0.05) is 35.0 Å². The van der Waals surface area contributed by atoms with Crippen LogP contribution in [0.2, 0.25) is 0 Å². The number of aromatic nitrogens is 1. The number of hydrogen-bond acceptors (Lipinski definition) is 4. The predicted octanol–water partition coefficient (Wildman–Crippen LogP) is 2.47. The molecular weight excluding hydrogens is 278 g/mol. The first-order chi connectivity index (χ1) is 10.6. The number of nitrogens with zero attached hydrogens (tertiary/aromatic N) is 2. The summed E-state index contributed by atoms with van der Waals surface area (Å²) in [7, 11) is 1.84. The van der Waals surface area contributed by atoms with Gasteiger partial charge in [0.15, 0.2) is 0 Å². The van der Waals surface area contributed by atoms with Gasteiger partial charge in [0.25, 0.3) is 5.91 Å². The molecule has 1 fully saturated rings. The Morgan fingerprint density at radius 3 is 2.64 bits per heavy atom. The van der Waals surface area contributed by atoms with Gasteiger partial charge in [0.1, 0.15) is 5.69 Å². The van der Waals surface area contributed by atoms with Crippen LogP contribution >= 0.6 is 0 Å². The van der Waals surface area contributed by atoms with Crippen LogP contribution < -0.4 is 5.32 Å². The van der Waals surface area contributed by atoms with E-state index in [0.29, 0.717) is 11.5 Å². The standard InChI is InChI=1S/C17H21N3O2/c1-12-3-5-13(6-4-12)15-11-16(22-19-15)17(21)20(2)14-7-9-18-10-8-14/h3-6,11,14,18H,7-10H2,1-2H3. The Morgan fingerprint density at radius 2 is 1.95 bits per heavy atom. The summed E-state index contributed by atoms with van der Waals surface area (Å²) >= 11 is 0. The van der Waals surface area contributed by atoms with Gasteiger partial charge in [0, 0.05) is 24.7 Å². The summed E-state index contributed by atoms with van der Waals surface area (Å²) in [4.78, 5) is 14.3. The van der Waals surface area contributed by atoms with Crippen molar-refractivity contribution < 1.29 is 9.32 Å². The second-order valence-corrected chi connectivity index (χ2v) is 5.84. The van der Waals surface area contributed by atoms with E-state index < -0.39 is 0 Å². The molecule has 1 N–H and O–H groups in total. The van der Waals surface area contributed by atoms with E-state index in [2.05, 4.69) is 10.5 Å². The molecule has 0 saturated carbocycles. The summed E-state index contributed by atoms with van der Waals surface area (Å²) in [5.74, 6) is 0.203. The summed E-state index contributed by atoms with van der Waals surface area (Å²) in [6, 6.07) is 10.0. The fraction of sp³-hybridized carbons (Fsp3) is 0.412. The number of piperidine rings is 1. The normalized spacial score (nSPS) is 15.7. The second kappa shape index (κ2) is 6.32. The summed E-state index contributed by atoms with van der Waals surface area (Å²) in [6.45, 7) is 3.94. The number of hydrogen-bond donors (Lipinski definition) is 1. The van der Waals surface area contributed by atoms with E-state index >= 15 is 0 Å². The maximum atomic E-state index is 12.5. The number of amides is 1. The molecule has 0 bridgehead atoms. The van der Waals surface area contributed by atoms with Gasteiger partial charge in [-0.3, -0.25) is 4.79 Å². The smallest absolute Gasteiger partial charge is 0.292 e. The third-order valence-corrected chi connectivity index (χ3v) is 4.25. The average Bonchev–Trinajstić information content (AvgIpc) is 3.05. The minimum atomic E-state index is -0.0993. The number of carbonyl (C=O) groups is 1. The van der Waals surface area contributed by atoms with Gasteiger partial charge in [-0.15, -0.1) is 0 Å². The predicted molar refractivity (Wildman–Crippen MR) is 84.7 cm³/mol. The molecule has 0 radical (unpaired) electrons. The molecule has 5 heteroatoms. The molecule has 0 atom stereocenters. The van der Waals surface area contributed by atoms with E-state index in [-0.39, 0.29) is 11.9 Å². The van der Waals surface area contributed by atoms with Crippen LogP contribution in [0.25, 0.3) is 11.3 Å². The van der Waals surface area contributed by atoms with Crippen molar-refractivity contribution in [2.45, 2.75) is 25.8 Å². The highest BCUT2D eigenvalue weighted by atomic mass is 16.5. The van der Waals surface area contributed by atoms with Crippen molar-refractivity contribution in [1.82, 2.24) is 15.4 Å². The first-order valence-electron chi connectivity index (χ1n) is 7.67. The van der Waals surface area contributed by atoms with Crippen LogP contribution in [0.5, 0.6) is 0 Å². The van der Waals surface area contributed by atoms with Crippen LogP contribution in [0.15, 0.2) is 34.9 Å². The number of benzene rings is 1. The molecule has 0 spiro atoms. The molecule has 1 amide bonds. The lowest BCUT2D eigenvalue weighted by Gasteiger charge is -2.30. The minimum Gasteiger partial charge on any atom is -0.350 e. The number of aryl methyl sites for hydroxylation is 1. The third kappa shape index (κ3) is 3.04. The molecular formula is C17H21N3O2. The van der Waals surface area contributed by atoms with Crippen molar-refractivity contribution in [3.63, 3.8) is 0 Å². The minimum absolute atomic E-state index is 0.0993. The van der Waals surface area contributed by atoms with E-state index in [0.717, 1.165) is 31.5 Å². The molecule has 22 heavy (non-hydrogen) atoms. The van der Waals surface area contributed by atoms with Crippen molar-refractivity contribution in [2.24, 2.45) is 0 Å². The molecule has 2 heterocycles. The van der Waals surface area contributed by atoms with E-state index in [9.17, 15) is 4.79 Å². The maximum Gasteiger partial charge on any atom is 0.292 e. The number of carbonyl (C=O) groups excluding carboxylic acids is 1. The lowest BCUT2D eigenvalue weighted by Crippen LogP contribution is -2.43. The second-order valence-electron chi connectivity index (χ2n) is 5.84. The van der Waals surface area contributed by atoms with Gasteiger partial charge in [-0.2, -0.15) is 0 Å². The lowest BCUT2D eigenvalue weighted by molar-refractivity contribution is 0.0661. The largest absolute Gasteiger partial charge is 0.350 e.